The SMILES string of the molecule is COC1COc2c(S(=O)(=O)NC(=O)Nc3c(C(C)C)nn(C(F)(F)F)c3C(C)C)cnn2C1. The molecule has 2 aromatic rings. The minimum absolute atomic E-state index is 0.0274. The molecule has 0 fully saturated rings. The highest BCUT2D eigenvalue weighted by Crippen LogP contribution is 2.37. The predicted octanol–water partition coefficient (Wildman–Crippen LogP) is 2.72. The summed E-state index contributed by atoms with van der Waals surface area (Å²) in [6, 6.07) is -1.24. The van der Waals surface area contributed by atoms with Gasteiger partial charge in [-0.25, -0.2) is 22.6 Å². The molecule has 15 heteroatoms. The summed E-state index contributed by atoms with van der Waals surface area (Å²) < 4.78 is 79.7. The van der Waals surface area contributed by atoms with Crippen LogP contribution in [-0.2, 0) is 27.6 Å². The van der Waals surface area contributed by atoms with E-state index in [1.165, 1.54) is 25.6 Å². The maximum atomic E-state index is 13.5. The Labute approximate surface area is 188 Å². The smallest absolute Gasteiger partial charge is 0.474 e. The Balaban J connectivity index is 1.90. The average molecular weight is 494 g/mol. The van der Waals surface area contributed by atoms with Crippen LogP contribution in [0.5, 0.6) is 5.88 Å². The number of alkyl halides is 3. The molecule has 2 N–H and O–H groups in total. The highest BCUT2D eigenvalue weighted by Gasteiger charge is 2.39. The molecule has 0 aromatic carbocycles. The van der Waals surface area contributed by atoms with Crippen LogP contribution >= 0.6 is 0 Å². The highest BCUT2D eigenvalue weighted by molar-refractivity contribution is 7.90. The first-order valence-electron chi connectivity index (χ1n) is 10.0. The Morgan fingerprint density at radius 2 is 1.94 bits per heavy atom. The van der Waals surface area contributed by atoms with E-state index in [0.29, 0.717) is 0 Å². The van der Waals surface area contributed by atoms with Gasteiger partial charge in [-0.2, -0.15) is 14.9 Å². The third-order valence-corrected chi connectivity index (χ3v) is 6.23. The Bertz CT molecular complexity index is 1140. The zero-order valence-corrected chi connectivity index (χ0v) is 19.4. The van der Waals surface area contributed by atoms with Gasteiger partial charge in [-0.05, 0) is 11.8 Å². The summed E-state index contributed by atoms with van der Waals surface area (Å²) in [5.41, 5.74) is -0.516. The van der Waals surface area contributed by atoms with Gasteiger partial charge >= 0.3 is 12.3 Å². The molecule has 3 rings (SSSR count). The van der Waals surface area contributed by atoms with Crippen molar-refractivity contribution in [3.05, 3.63) is 17.6 Å². The number of sulfonamides is 1. The van der Waals surface area contributed by atoms with Crippen LogP contribution in [0.3, 0.4) is 0 Å². The molecular formula is C18H25F3N6O5S. The van der Waals surface area contributed by atoms with E-state index in [2.05, 4.69) is 15.5 Å². The van der Waals surface area contributed by atoms with Gasteiger partial charge in [0.2, 0.25) is 5.88 Å². The summed E-state index contributed by atoms with van der Waals surface area (Å²) in [7, 11) is -2.97. The molecule has 0 radical (unpaired) electrons. The third-order valence-electron chi connectivity index (χ3n) is 4.91. The maximum Gasteiger partial charge on any atom is 0.504 e. The van der Waals surface area contributed by atoms with Gasteiger partial charge in [0.05, 0.1) is 29.8 Å². The Morgan fingerprint density at radius 1 is 1.27 bits per heavy atom. The largest absolute Gasteiger partial charge is 0.504 e. The molecule has 0 spiro atoms. The lowest BCUT2D eigenvalue weighted by Crippen LogP contribution is -2.36. The van der Waals surface area contributed by atoms with Crippen LogP contribution in [0, 0.1) is 0 Å². The molecule has 11 nitrogen and oxygen atoms in total. The van der Waals surface area contributed by atoms with E-state index >= 15 is 0 Å². The van der Waals surface area contributed by atoms with Crippen molar-refractivity contribution in [2.45, 2.75) is 63.4 Å². The van der Waals surface area contributed by atoms with Crippen LogP contribution in [0.15, 0.2) is 11.1 Å². The normalized spacial score (nSPS) is 16.6. The molecule has 0 saturated carbocycles. The molecule has 0 aliphatic carbocycles. The number of carbonyl (C=O) groups is 1. The number of ether oxygens (including phenoxy) is 2. The lowest BCUT2D eigenvalue weighted by Gasteiger charge is -2.23. The fourth-order valence-corrected chi connectivity index (χ4v) is 4.39. The van der Waals surface area contributed by atoms with Crippen molar-refractivity contribution < 1.29 is 35.9 Å². The second kappa shape index (κ2) is 8.85. The van der Waals surface area contributed by atoms with Crippen molar-refractivity contribution >= 4 is 21.7 Å². The van der Waals surface area contributed by atoms with Gasteiger partial charge in [-0.1, -0.05) is 27.7 Å². The number of methoxy groups -OCH3 is 1. The van der Waals surface area contributed by atoms with Crippen molar-refractivity contribution in [1.82, 2.24) is 24.3 Å². The number of urea groups is 1. The molecule has 0 bridgehead atoms. The van der Waals surface area contributed by atoms with E-state index in [0.717, 1.165) is 6.20 Å². The van der Waals surface area contributed by atoms with Gasteiger partial charge in [0, 0.05) is 7.11 Å². The monoisotopic (exact) mass is 494 g/mol. The summed E-state index contributed by atoms with van der Waals surface area (Å²) in [4.78, 5) is 12.2. The molecule has 2 aromatic heterocycles. The minimum atomic E-state index is -4.82. The lowest BCUT2D eigenvalue weighted by atomic mass is 10.0. The summed E-state index contributed by atoms with van der Waals surface area (Å²) in [5.74, 6) is -1.23. The lowest BCUT2D eigenvalue weighted by molar-refractivity contribution is -0.214. The van der Waals surface area contributed by atoms with Gasteiger partial charge in [0.25, 0.3) is 10.0 Å². The van der Waals surface area contributed by atoms with Gasteiger partial charge in [0.1, 0.15) is 12.7 Å². The number of rotatable bonds is 6. The van der Waals surface area contributed by atoms with Crippen molar-refractivity contribution in [1.29, 1.82) is 0 Å². The second-order valence-corrected chi connectivity index (χ2v) is 9.71. The van der Waals surface area contributed by atoms with Crippen molar-refractivity contribution in [3.63, 3.8) is 0 Å². The van der Waals surface area contributed by atoms with Crippen molar-refractivity contribution in [3.8, 4) is 5.88 Å². The molecule has 1 aliphatic rings. The van der Waals surface area contributed by atoms with E-state index in [9.17, 15) is 26.4 Å². The van der Waals surface area contributed by atoms with Crippen LogP contribution in [0.2, 0.25) is 0 Å². The van der Waals surface area contributed by atoms with Gasteiger partial charge < -0.3 is 14.8 Å². The zero-order chi connectivity index (χ0) is 24.7. The topological polar surface area (TPSA) is 129 Å². The van der Waals surface area contributed by atoms with Crippen LogP contribution in [0.1, 0.15) is 50.9 Å². The molecule has 1 atom stereocenters. The highest BCUT2D eigenvalue weighted by atomic mass is 32.2. The van der Waals surface area contributed by atoms with Crippen LogP contribution < -0.4 is 14.8 Å². The van der Waals surface area contributed by atoms with Gasteiger partial charge in [-0.15, -0.1) is 13.2 Å². The predicted molar refractivity (Wildman–Crippen MR) is 110 cm³/mol. The van der Waals surface area contributed by atoms with E-state index < -0.39 is 34.2 Å². The minimum Gasteiger partial charge on any atom is -0.474 e. The molecule has 2 amide bonds. The first-order chi connectivity index (χ1) is 15.3. The maximum absolute atomic E-state index is 13.5. The molecule has 1 unspecified atom stereocenters. The summed E-state index contributed by atoms with van der Waals surface area (Å²) in [6.07, 6.45) is -4.12. The van der Waals surface area contributed by atoms with Crippen LogP contribution in [0.4, 0.5) is 23.7 Å². The average Bonchev–Trinajstić information content (AvgIpc) is 3.28. The van der Waals surface area contributed by atoms with Gasteiger partial charge in [0.15, 0.2) is 4.90 Å². The first-order valence-corrected chi connectivity index (χ1v) is 11.5. The number of halogens is 3. The molecule has 0 saturated heterocycles. The van der Waals surface area contributed by atoms with Gasteiger partial charge in [-0.3, -0.25) is 0 Å². The molecule has 1 aliphatic heterocycles. The fourth-order valence-electron chi connectivity index (χ4n) is 3.40. The summed E-state index contributed by atoms with van der Waals surface area (Å²) >= 11 is 0. The van der Waals surface area contributed by atoms with E-state index in [1.54, 1.807) is 18.6 Å². The number of hydrogen-bond acceptors (Lipinski definition) is 7. The van der Waals surface area contributed by atoms with E-state index in [4.69, 9.17) is 9.47 Å². The number of aromatic nitrogens is 4. The standard InChI is InChI=1S/C18H25F3N6O5S/c1-9(2)13-14(15(10(3)4)27(24-13)18(19,20)21)23-17(28)25-33(29,30)12-6-22-26-7-11(31-5)8-32-16(12)26/h6,9-11H,7-8H2,1-5H3,(H2,23,25,28). The number of amides is 2. The first kappa shape index (κ1) is 24.8. The summed E-state index contributed by atoms with van der Waals surface area (Å²) in [5, 5.41) is 9.82. The molecule has 33 heavy (non-hydrogen) atoms. The molecule has 184 valence electrons. The number of anilines is 1. The van der Waals surface area contributed by atoms with Crippen molar-refractivity contribution in [2.24, 2.45) is 0 Å². The van der Waals surface area contributed by atoms with E-state index in [-0.39, 0.29) is 51.8 Å². The van der Waals surface area contributed by atoms with Crippen molar-refractivity contribution in [2.75, 3.05) is 19.0 Å². The molecule has 3 heterocycles. The quantitative estimate of drug-likeness (QED) is 0.632. The number of fused-ring (bicyclic) bond motifs is 1. The number of hydrogen-bond donors (Lipinski definition) is 2. The second-order valence-electron chi connectivity index (χ2n) is 8.06. The Hall–Kier alpha value is -2.81. The van der Waals surface area contributed by atoms with Crippen LogP contribution in [-0.4, -0.2) is 53.8 Å². The third kappa shape index (κ3) is 4.93. The number of carbonyl (C=O) groups excluding carboxylic acids is 1. The zero-order valence-electron chi connectivity index (χ0n) is 18.6. The fraction of sp³-hybridized carbons (Fsp3) is 0.611. The van der Waals surface area contributed by atoms with Crippen LogP contribution in [0.25, 0.3) is 0 Å². The summed E-state index contributed by atoms with van der Waals surface area (Å²) in [6.45, 7) is 6.57. The van der Waals surface area contributed by atoms with E-state index in [1.807, 2.05) is 0 Å². The Kier molecular flexibility index (Phi) is 6.66. The Morgan fingerprint density at radius 3 is 2.48 bits per heavy atom. The number of nitrogens with one attached hydrogen (secondary N) is 2. The molecular weight excluding hydrogens is 469 g/mol. The number of nitrogens with zero attached hydrogens (tertiary/aromatic N) is 4.